The van der Waals surface area contributed by atoms with Gasteiger partial charge in [0.2, 0.25) is 0 Å². The summed E-state index contributed by atoms with van der Waals surface area (Å²) in [6, 6.07) is 0. The van der Waals surface area contributed by atoms with Crippen LogP contribution in [0.4, 0.5) is 0 Å². The number of hydrogen-bond donors (Lipinski definition) is 2. The van der Waals surface area contributed by atoms with Gasteiger partial charge in [0, 0.05) is 78.1 Å². The van der Waals surface area contributed by atoms with Crippen molar-refractivity contribution in [2.45, 2.75) is 6.92 Å². The van der Waals surface area contributed by atoms with E-state index in [0.29, 0.717) is 0 Å². The number of phosphoric acid groups is 1. The number of rotatable bonds is 1. The van der Waals surface area contributed by atoms with E-state index in [1.807, 2.05) is 0 Å². The first-order valence-corrected chi connectivity index (χ1v) is 3.20. The zero-order valence-electron chi connectivity index (χ0n) is 5.22. The van der Waals surface area contributed by atoms with Crippen LogP contribution in [0, 0.1) is 71.2 Å². The van der Waals surface area contributed by atoms with Crippen molar-refractivity contribution in [2.24, 2.45) is 0 Å². The van der Waals surface area contributed by atoms with Crippen LogP contribution in [-0.4, -0.2) is 15.8 Å². The summed E-state index contributed by atoms with van der Waals surface area (Å²) in [7, 11) is -4.57. The molecule has 0 aromatic carbocycles. The first-order chi connectivity index (χ1) is 3.42. The van der Waals surface area contributed by atoms with E-state index < -0.39 is 13.8 Å². The van der Waals surface area contributed by atoms with E-state index in [-0.39, 0.29) is 71.2 Å². The average molecular weight is 418 g/mol. The fourth-order valence-electron chi connectivity index (χ4n) is 0.167. The monoisotopic (exact) mass is 418 g/mol. The van der Waals surface area contributed by atoms with Crippen molar-refractivity contribution >= 4 is 13.8 Å². The standard InChI is InChI=1S/C2H5O5P.2La/c1-2(3)7-8(4,5)6;;/h1H3,(H2,4,5,6);;. The van der Waals surface area contributed by atoms with Gasteiger partial charge in [-0.3, -0.25) is 14.6 Å². The molecular formula is C2H5La2O5P. The molecule has 0 spiro atoms. The van der Waals surface area contributed by atoms with Gasteiger partial charge >= 0.3 is 13.8 Å². The molecule has 0 aliphatic heterocycles. The molecule has 0 fully saturated rings. The van der Waals surface area contributed by atoms with Gasteiger partial charge in [0.25, 0.3) is 0 Å². The average Bonchev–Trinajstić information content (AvgIpc) is 1.21. The maximum atomic E-state index is 9.74. The van der Waals surface area contributed by atoms with Crippen LogP contribution in [0.15, 0.2) is 0 Å². The maximum Gasteiger partial charge on any atom is 0.526 e. The first-order valence-electron chi connectivity index (χ1n) is 1.67. The van der Waals surface area contributed by atoms with Gasteiger partial charge < -0.3 is 4.52 Å². The Kier molecular flexibility index (Phi) is 13.7. The van der Waals surface area contributed by atoms with Gasteiger partial charge in [-0.1, -0.05) is 0 Å². The maximum absolute atomic E-state index is 9.74. The van der Waals surface area contributed by atoms with Gasteiger partial charge in [0.15, 0.2) is 0 Å². The van der Waals surface area contributed by atoms with Crippen LogP contribution in [0.5, 0.6) is 0 Å². The predicted molar refractivity (Wildman–Crippen MR) is 23.8 cm³/mol. The smallest absolute Gasteiger partial charge is 0.371 e. The molecule has 5 nitrogen and oxygen atoms in total. The summed E-state index contributed by atoms with van der Waals surface area (Å²) in [5.74, 6) is -0.988. The van der Waals surface area contributed by atoms with Gasteiger partial charge in [-0.15, -0.1) is 0 Å². The Balaban J connectivity index is -0.000000245. The molecule has 8 heteroatoms. The number of phosphoric ester groups is 1. The fourth-order valence-corrected chi connectivity index (χ4v) is 0.502. The van der Waals surface area contributed by atoms with Crippen molar-refractivity contribution in [1.82, 2.24) is 0 Å². The fraction of sp³-hybridized carbons (Fsp3) is 0.500. The second-order valence-corrected chi connectivity index (χ2v) is 2.24. The van der Waals surface area contributed by atoms with Crippen LogP contribution in [-0.2, 0) is 13.9 Å². The van der Waals surface area contributed by atoms with Crippen LogP contribution >= 0.6 is 7.82 Å². The summed E-state index contributed by atoms with van der Waals surface area (Å²) >= 11 is 0. The Hall–Kier alpha value is 2.01. The Bertz CT molecular complexity index is 141. The van der Waals surface area contributed by atoms with Crippen molar-refractivity contribution in [1.29, 1.82) is 0 Å². The van der Waals surface area contributed by atoms with Crippen LogP contribution < -0.4 is 0 Å². The summed E-state index contributed by atoms with van der Waals surface area (Å²) in [5.41, 5.74) is 0. The van der Waals surface area contributed by atoms with Crippen molar-refractivity contribution in [3.63, 3.8) is 0 Å². The Morgan fingerprint density at radius 1 is 1.40 bits per heavy atom. The van der Waals surface area contributed by atoms with Crippen molar-refractivity contribution in [2.75, 3.05) is 0 Å². The minimum absolute atomic E-state index is 0. The van der Waals surface area contributed by atoms with Gasteiger partial charge in [-0.25, -0.2) is 4.57 Å². The summed E-state index contributed by atoms with van der Waals surface area (Å²) in [5, 5.41) is 0. The minimum atomic E-state index is -4.57. The van der Waals surface area contributed by atoms with E-state index in [0.717, 1.165) is 6.92 Å². The summed E-state index contributed by atoms with van der Waals surface area (Å²) in [6.07, 6.45) is 0. The van der Waals surface area contributed by atoms with Crippen LogP contribution in [0.2, 0.25) is 0 Å². The van der Waals surface area contributed by atoms with Gasteiger partial charge in [0.1, 0.15) is 0 Å². The molecule has 0 aliphatic rings. The van der Waals surface area contributed by atoms with Crippen LogP contribution in [0.25, 0.3) is 0 Å². The Morgan fingerprint density at radius 2 is 1.70 bits per heavy atom. The molecule has 2 radical (unpaired) electrons. The zero-order valence-corrected chi connectivity index (χ0v) is 13.4. The van der Waals surface area contributed by atoms with Crippen molar-refractivity contribution in [3.05, 3.63) is 0 Å². The van der Waals surface area contributed by atoms with E-state index in [9.17, 15) is 9.36 Å². The van der Waals surface area contributed by atoms with Crippen LogP contribution in [0.1, 0.15) is 6.92 Å². The third kappa shape index (κ3) is 16.5. The van der Waals surface area contributed by atoms with E-state index in [1.54, 1.807) is 0 Å². The normalized spacial score (nSPS) is 8.70. The van der Waals surface area contributed by atoms with Crippen LogP contribution in [0.3, 0.4) is 0 Å². The molecule has 0 heterocycles. The molecule has 0 aromatic rings. The first kappa shape index (κ1) is 17.9. The molecule has 0 aliphatic carbocycles. The largest absolute Gasteiger partial charge is 0.526 e. The summed E-state index contributed by atoms with van der Waals surface area (Å²) in [4.78, 5) is 25.5. The molecule has 0 bridgehead atoms. The zero-order chi connectivity index (χ0) is 6.78. The van der Waals surface area contributed by atoms with Crippen molar-refractivity contribution < 1.29 is 94.9 Å². The topological polar surface area (TPSA) is 83.8 Å². The predicted octanol–water partition coefficient (Wildman–Crippen LogP) is -0.358. The molecule has 0 unspecified atom stereocenters. The molecule has 0 aromatic heterocycles. The third-order valence-electron chi connectivity index (χ3n) is 0.247. The van der Waals surface area contributed by atoms with E-state index >= 15 is 0 Å². The van der Waals surface area contributed by atoms with E-state index in [1.165, 1.54) is 0 Å². The van der Waals surface area contributed by atoms with E-state index in [4.69, 9.17) is 9.79 Å². The third-order valence-corrected chi connectivity index (χ3v) is 0.742. The number of carbonyl (C=O) groups is 1. The molecule has 0 atom stereocenters. The quantitative estimate of drug-likeness (QED) is 0.569. The summed E-state index contributed by atoms with van der Waals surface area (Å²) in [6.45, 7) is 0.916. The molecule has 54 valence electrons. The molecule has 0 rings (SSSR count). The van der Waals surface area contributed by atoms with Crippen molar-refractivity contribution in [3.8, 4) is 0 Å². The molecule has 0 saturated heterocycles. The second kappa shape index (κ2) is 7.65. The number of carbonyl (C=O) groups excluding carboxylic acids is 1. The summed E-state index contributed by atoms with van der Waals surface area (Å²) < 4.78 is 13.2. The minimum Gasteiger partial charge on any atom is -0.371 e. The Morgan fingerprint density at radius 3 is 1.70 bits per heavy atom. The van der Waals surface area contributed by atoms with Gasteiger partial charge in [-0.05, 0) is 0 Å². The second-order valence-electron chi connectivity index (χ2n) is 1.07. The molecule has 0 amide bonds. The van der Waals surface area contributed by atoms with E-state index in [2.05, 4.69) is 4.52 Å². The molecule has 2 N–H and O–H groups in total. The molecule has 10 heavy (non-hydrogen) atoms. The SMILES string of the molecule is CC(=O)OP(=O)(O)O.[La].[La]. The molecular weight excluding hydrogens is 413 g/mol. The Labute approximate surface area is 114 Å². The van der Waals surface area contributed by atoms with Gasteiger partial charge in [0.05, 0.1) is 0 Å². The van der Waals surface area contributed by atoms with Gasteiger partial charge in [-0.2, -0.15) is 0 Å². The molecule has 0 saturated carbocycles. The number of hydrogen-bond acceptors (Lipinski definition) is 3.